The summed E-state index contributed by atoms with van der Waals surface area (Å²) >= 11 is 0. The summed E-state index contributed by atoms with van der Waals surface area (Å²) in [5.41, 5.74) is 9.27. The molecule has 0 fully saturated rings. The molecule has 104 valence electrons. The van der Waals surface area contributed by atoms with E-state index in [0.717, 1.165) is 12.0 Å². The number of carbonyl (C=O) groups is 1. The number of nitrogens with one attached hydrogen (secondary N) is 1. The molecule has 0 aromatic heterocycles. The fourth-order valence-corrected chi connectivity index (χ4v) is 2.13. The Morgan fingerprint density at radius 3 is 2.45 bits per heavy atom. The quantitative estimate of drug-likeness (QED) is 0.874. The Hall–Kier alpha value is -2.13. The smallest absolute Gasteiger partial charge is 0.241 e. The van der Waals surface area contributed by atoms with Crippen LogP contribution in [0.15, 0.2) is 54.6 Å². The summed E-state index contributed by atoms with van der Waals surface area (Å²) in [7, 11) is 0. The summed E-state index contributed by atoms with van der Waals surface area (Å²) in [6, 6.07) is 17.0. The van der Waals surface area contributed by atoms with Crippen LogP contribution in [0.5, 0.6) is 0 Å². The Balaban J connectivity index is 1.85. The molecule has 0 saturated carbocycles. The van der Waals surface area contributed by atoms with Crippen LogP contribution < -0.4 is 11.1 Å². The van der Waals surface area contributed by atoms with Crippen molar-refractivity contribution in [2.75, 3.05) is 6.54 Å². The number of nitrogens with two attached hydrogens (primary N) is 1. The Morgan fingerprint density at radius 1 is 1.10 bits per heavy atom. The molecule has 2 aromatic carbocycles. The predicted octanol–water partition coefficient (Wildman–Crippen LogP) is 2.35. The number of benzene rings is 2. The van der Waals surface area contributed by atoms with E-state index < -0.39 is 6.04 Å². The van der Waals surface area contributed by atoms with Gasteiger partial charge >= 0.3 is 0 Å². The van der Waals surface area contributed by atoms with E-state index in [1.165, 1.54) is 11.1 Å². The van der Waals surface area contributed by atoms with Gasteiger partial charge < -0.3 is 11.1 Å². The van der Waals surface area contributed by atoms with Gasteiger partial charge in [0, 0.05) is 6.54 Å². The monoisotopic (exact) mass is 268 g/mol. The lowest BCUT2D eigenvalue weighted by Crippen LogP contribution is -2.35. The first-order valence-electron chi connectivity index (χ1n) is 6.81. The standard InChI is InChI=1S/C17H20N2O/c1-13-7-5-6-8-14(13)11-12-19-17(20)16(18)15-9-3-2-4-10-15/h2-10,16H,11-12,18H2,1H3,(H,19,20). The van der Waals surface area contributed by atoms with Crippen molar-refractivity contribution in [3.8, 4) is 0 Å². The molecule has 1 amide bonds. The van der Waals surface area contributed by atoms with Crippen molar-refractivity contribution in [3.63, 3.8) is 0 Å². The predicted molar refractivity (Wildman–Crippen MR) is 81.3 cm³/mol. The van der Waals surface area contributed by atoms with Gasteiger partial charge in [0.05, 0.1) is 0 Å². The molecule has 0 aliphatic carbocycles. The summed E-state index contributed by atoms with van der Waals surface area (Å²) in [4.78, 5) is 12.0. The van der Waals surface area contributed by atoms with E-state index in [1.54, 1.807) is 0 Å². The molecule has 20 heavy (non-hydrogen) atoms. The number of carbonyl (C=O) groups excluding carboxylic acids is 1. The van der Waals surface area contributed by atoms with Crippen LogP contribution in [0.1, 0.15) is 22.7 Å². The second-order valence-corrected chi connectivity index (χ2v) is 4.86. The minimum Gasteiger partial charge on any atom is -0.354 e. The Morgan fingerprint density at radius 2 is 1.75 bits per heavy atom. The first kappa shape index (κ1) is 14.3. The number of hydrogen-bond acceptors (Lipinski definition) is 2. The Labute approximate surface area is 119 Å². The lowest BCUT2D eigenvalue weighted by molar-refractivity contribution is -0.122. The highest BCUT2D eigenvalue weighted by Gasteiger charge is 2.14. The van der Waals surface area contributed by atoms with E-state index in [2.05, 4.69) is 24.4 Å². The molecule has 0 saturated heterocycles. The molecule has 2 rings (SSSR count). The normalized spacial score (nSPS) is 11.9. The average Bonchev–Trinajstić information content (AvgIpc) is 2.49. The van der Waals surface area contributed by atoms with E-state index in [9.17, 15) is 4.79 Å². The zero-order valence-electron chi connectivity index (χ0n) is 11.7. The second-order valence-electron chi connectivity index (χ2n) is 4.86. The van der Waals surface area contributed by atoms with Crippen LogP contribution in [0.2, 0.25) is 0 Å². The third kappa shape index (κ3) is 3.68. The number of hydrogen-bond donors (Lipinski definition) is 2. The summed E-state index contributed by atoms with van der Waals surface area (Å²) < 4.78 is 0. The molecule has 3 heteroatoms. The lowest BCUT2D eigenvalue weighted by atomic mass is 10.1. The van der Waals surface area contributed by atoms with Crippen molar-refractivity contribution in [3.05, 3.63) is 71.3 Å². The van der Waals surface area contributed by atoms with Crippen molar-refractivity contribution < 1.29 is 4.79 Å². The van der Waals surface area contributed by atoms with Crippen LogP contribution in [-0.2, 0) is 11.2 Å². The van der Waals surface area contributed by atoms with Crippen LogP contribution in [0.25, 0.3) is 0 Å². The highest BCUT2D eigenvalue weighted by Crippen LogP contribution is 2.10. The SMILES string of the molecule is Cc1ccccc1CCNC(=O)C(N)c1ccccc1. The molecule has 0 aliphatic rings. The van der Waals surface area contributed by atoms with Crippen LogP contribution in [0.3, 0.4) is 0 Å². The number of rotatable bonds is 5. The minimum atomic E-state index is -0.604. The maximum atomic E-state index is 12.0. The first-order chi connectivity index (χ1) is 9.68. The van der Waals surface area contributed by atoms with E-state index >= 15 is 0 Å². The largest absolute Gasteiger partial charge is 0.354 e. The number of amides is 1. The van der Waals surface area contributed by atoms with E-state index in [4.69, 9.17) is 5.73 Å². The van der Waals surface area contributed by atoms with Gasteiger partial charge in [-0.05, 0) is 30.0 Å². The molecule has 2 aromatic rings. The summed E-state index contributed by atoms with van der Waals surface area (Å²) in [5.74, 6) is -0.134. The van der Waals surface area contributed by atoms with Crippen molar-refractivity contribution in [1.82, 2.24) is 5.32 Å². The fourth-order valence-electron chi connectivity index (χ4n) is 2.13. The molecular formula is C17H20N2O. The van der Waals surface area contributed by atoms with E-state index in [-0.39, 0.29) is 5.91 Å². The Kier molecular flexibility index (Phi) is 4.91. The molecule has 0 heterocycles. The topological polar surface area (TPSA) is 55.1 Å². The highest BCUT2D eigenvalue weighted by atomic mass is 16.2. The lowest BCUT2D eigenvalue weighted by Gasteiger charge is -2.13. The molecule has 0 bridgehead atoms. The van der Waals surface area contributed by atoms with Gasteiger partial charge in [0.25, 0.3) is 0 Å². The maximum Gasteiger partial charge on any atom is 0.241 e. The molecule has 3 nitrogen and oxygen atoms in total. The highest BCUT2D eigenvalue weighted by molar-refractivity contribution is 5.82. The molecule has 0 aliphatic heterocycles. The van der Waals surface area contributed by atoms with Gasteiger partial charge in [0.15, 0.2) is 0 Å². The molecule has 0 spiro atoms. The van der Waals surface area contributed by atoms with Crippen molar-refractivity contribution in [2.24, 2.45) is 5.73 Å². The maximum absolute atomic E-state index is 12.0. The average molecular weight is 268 g/mol. The van der Waals surface area contributed by atoms with Gasteiger partial charge in [-0.25, -0.2) is 0 Å². The van der Waals surface area contributed by atoms with E-state index in [1.807, 2.05) is 42.5 Å². The zero-order valence-corrected chi connectivity index (χ0v) is 11.7. The van der Waals surface area contributed by atoms with Gasteiger partial charge in [0.2, 0.25) is 5.91 Å². The van der Waals surface area contributed by atoms with Gasteiger partial charge in [-0.1, -0.05) is 54.6 Å². The summed E-state index contributed by atoms with van der Waals surface area (Å²) in [5, 5.41) is 2.89. The summed E-state index contributed by atoms with van der Waals surface area (Å²) in [6.45, 7) is 2.68. The van der Waals surface area contributed by atoms with Gasteiger partial charge in [-0.15, -0.1) is 0 Å². The molecule has 0 radical (unpaired) electrons. The third-order valence-electron chi connectivity index (χ3n) is 3.40. The summed E-state index contributed by atoms with van der Waals surface area (Å²) in [6.07, 6.45) is 0.819. The van der Waals surface area contributed by atoms with E-state index in [0.29, 0.717) is 6.54 Å². The molecule has 3 N–H and O–H groups in total. The van der Waals surface area contributed by atoms with Crippen LogP contribution >= 0.6 is 0 Å². The minimum absolute atomic E-state index is 0.134. The second kappa shape index (κ2) is 6.87. The Bertz CT molecular complexity index is 566. The number of aryl methyl sites for hydroxylation is 1. The van der Waals surface area contributed by atoms with Crippen LogP contribution in [0.4, 0.5) is 0 Å². The van der Waals surface area contributed by atoms with Crippen molar-refractivity contribution in [2.45, 2.75) is 19.4 Å². The van der Waals surface area contributed by atoms with Crippen LogP contribution in [-0.4, -0.2) is 12.5 Å². The molecule has 1 unspecified atom stereocenters. The van der Waals surface area contributed by atoms with Crippen molar-refractivity contribution in [1.29, 1.82) is 0 Å². The first-order valence-corrected chi connectivity index (χ1v) is 6.81. The fraction of sp³-hybridized carbons (Fsp3) is 0.235. The third-order valence-corrected chi connectivity index (χ3v) is 3.40. The van der Waals surface area contributed by atoms with Gasteiger partial charge in [-0.3, -0.25) is 4.79 Å². The van der Waals surface area contributed by atoms with Crippen LogP contribution in [0, 0.1) is 6.92 Å². The molecular weight excluding hydrogens is 248 g/mol. The zero-order chi connectivity index (χ0) is 14.4. The van der Waals surface area contributed by atoms with Crippen molar-refractivity contribution >= 4 is 5.91 Å². The molecule has 1 atom stereocenters. The van der Waals surface area contributed by atoms with Gasteiger partial charge in [-0.2, -0.15) is 0 Å². The van der Waals surface area contributed by atoms with Gasteiger partial charge in [0.1, 0.15) is 6.04 Å².